The number of carboxylic acids is 1. The molecule has 0 bridgehead atoms. The van der Waals surface area contributed by atoms with E-state index in [1.54, 1.807) is 7.11 Å². The Kier molecular flexibility index (Phi) is 4.31. The Balaban J connectivity index is 2.66. The Labute approximate surface area is 127 Å². The lowest BCUT2D eigenvalue weighted by Gasteiger charge is -2.39. The third-order valence-corrected chi connectivity index (χ3v) is 4.76. The Hall–Kier alpha value is -1.51. The van der Waals surface area contributed by atoms with Crippen molar-refractivity contribution in [1.82, 2.24) is 0 Å². The maximum Gasteiger partial charge on any atom is 0.314 e. The molecule has 21 heavy (non-hydrogen) atoms. The molecule has 2 rings (SSSR count). The normalized spacial score (nSPS) is 16.9. The van der Waals surface area contributed by atoms with Crippen molar-refractivity contribution in [3.05, 3.63) is 28.8 Å². The van der Waals surface area contributed by atoms with Crippen molar-refractivity contribution in [2.45, 2.75) is 64.2 Å². The Morgan fingerprint density at radius 2 is 1.62 bits per heavy atom. The van der Waals surface area contributed by atoms with E-state index in [4.69, 9.17) is 4.74 Å². The molecule has 3 heteroatoms. The quantitative estimate of drug-likeness (QED) is 0.871. The number of carbonyl (C=O) groups is 1. The van der Waals surface area contributed by atoms with Crippen molar-refractivity contribution in [1.29, 1.82) is 0 Å². The highest BCUT2D eigenvalue weighted by Gasteiger charge is 2.46. The molecule has 3 nitrogen and oxygen atoms in total. The van der Waals surface area contributed by atoms with Crippen molar-refractivity contribution in [3.63, 3.8) is 0 Å². The number of methoxy groups -OCH3 is 1. The van der Waals surface area contributed by atoms with Gasteiger partial charge in [0.1, 0.15) is 5.75 Å². The fourth-order valence-electron chi connectivity index (χ4n) is 3.20. The van der Waals surface area contributed by atoms with Gasteiger partial charge in [0.15, 0.2) is 0 Å². The summed E-state index contributed by atoms with van der Waals surface area (Å²) < 4.78 is 5.63. The van der Waals surface area contributed by atoms with Gasteiger partial charge < -0.3 is 9.84 Å². The number of hydrogen-bond donors (Lipinski definition) is 1. The first-order valence-corrected chi connectivity index (χ1v) is 7.79. The van der Waals surface area contributed by atoms with E-state index in [0.29, 0.717) is 11.8 Å². The average molecular weight is 290 g/mol. The fraction of sp³-hybridized carbons (Fsp3) is 0.611. The standard InChI is InChI=1S/C18H26O3/c1-11(2)14-9-13(18(17(19)20)7-6-8-18)10-15(12(3)4)16(14)21-5/h9-12H,6-8H2,1-5H3,(H,19,20). The largest absolute Gasteiger partial charge is 0.496 e. The molecule has 1 N–H and O–H groups in total. The zero-order valence-corrected chi connectivity index (χ0v) is 13.7. The summed E-state index contributed by atoms with van der Waals surface area (Å²) in [6.07, 6.45) is 2.47. The number of aliphatic carboxylic acids is 1. The molecule has 1 aliphatic carbocycles. The Bertz CT molecular complexity index is 510. The molecular weight excluding hydrogens is 264 g/mol. The van der Waals surface area contributed by atoms with E-state index in [9.17, 15) is 9.90 Å². The number of rotatable bonds is 5. The van der Waals surface area contributed by atoms with Crippen LogP contribution in [0, 0.1) is 0 Å². The van der Waals surface area contributed by atoms with E-state index in [-0.39, 0.29) is 0 Å². The molecule has 0 heterocycles. The molecule has 0 atom stereocenters. The molecule has 1 aliphatic rings. The van der Waals surface area contributed by atoms with Gasteiger partial charge in [0.05, 0.1) is 12.5 Å². The van der Waals surface area contributed by atoms with Crippen LogP contribution in [0.25, 0.3) is 0 Å². The van der Waals surface area contributed by atoms with Crippen molar-refractivity contribution in [3.8, 4) is 5.75 Å². The maximum atomic E-state index is 11.8. The van der Waals surface area contributed by atoms with E-state index < -0.39 is 11.4 Å². The van der Waals surface area contributed by atoms with Gasteiger partial charge in [-0.2, -0.15) is 0 Å². The third kappa shape index (κ3) is 2.54. The highest BCUT2D eigenvalue weighted by atomic mass is 16.5. The summed E-state index contributed by atoms with van der Waals surface area (Å²) in [6.45, 7) is 8.50. The molecule has 1 aromatic carbocycles. The first kappa shape index (κ1) is 15.9. The number of hydrogen-bond acceptors (Lipinski definition) is 2. The predicted octanol–water partition coefficient (Wildman–Crippen LogP) is 4.45. The minimum atomic E-state index is -0.691. The third-order valence-electron chi connectivity index (χ3n) is 4.76. The van der Waals surface area contributed by atoms with Crippen LogP contribution in [0.15, 0.2) is 12.1 Å². The highest BCUT2D eigenvalue weighted by molar-refractivity contribution is 5.83. The van der Waals surface area contributed by atoms with Crippen LogP contribution in [0.2, 0.25) is 0 Å². The molecule has 0 unspecified atom stereocenters. The van der Waals surface area contributed by atoms with Gasteiger partial charge in [-0.1, -0.05) is 46.2 Å². The van der Waals surface area contributed by atoms with Crippen LogP contribution in [0.3, 0.4) is 0 Å². The second-order valence-corrected chi connectivity index (χ2v) is 6.74. The van der Waals surface area contributed by atoms with Gasteiger partial charge in [0.25, 0.3) is 0 Å². The lowest BCUT2D eigenvalue weighted by Crippen LogP contribution is -2.42. The Morgan fingerprint density at radius 3 is 1.86 bits per heavy atom. The van der Waals surface area contributed by atoms with E-state index in [1.165, 1.54) is 0 Å². The fourth-order valence-corrected chi connectivity index (χ4v) is 3.20. The zero-order valence-electron chi connectivity index (χ0n) is 13.7. The number of benzene rings is 1. The smallest absolute Gasteiger partial charge is 0.314 e. The van der Waals surface area contributed by atoms with Gasteiger partial charge in [-0.15, -0.1) is 0 Å². The van der Waals surface area contributed by atoms with Gasteiger partial charge in [-0.25, -0.2) is 0 Å². The number of ether oxygens (including phenoxy) is 1. The molecule has 116 valence electrons. The summed E-state index contributed by atoms with van der Waals surface area (Å²) in [7, 11) is 1.70. The van der Waals surface area contributed by atoms with Crippen LogP contribution in [0.1, 0.15) is 75.5 Å². The topological polar surface area (TPSA) is 46.5 Å². The second-order valence-electron chi connectivity index (χ2n) is 6.74. The van der Waals surface area contributed by atoms with Crippen molar-refractivity contribution >= 4 is 5.97 Å². The van der Waals surface area contributed by atoms with Crippen LogP contribution in [-0.4, -0.2) is 18.2 Å². The van der Waals surface area contributed by atoms with Gasteiger partial charge >= 0.3 is 5.97 Å². The van der Waals surface area contributed by atoms with Crippen molar-refractivity contribution < 1.29 is 14.6 Å². The Morgan fingerprint density at radius 1 is 1.14 bits per heavy atom. The molecule has 1 saturated carbocycles. The first-order chi connectivity index (χ1) is 9.83. The van der Waals surface area contributed by atoms with E-state index in [2.05, 4.69) is 39.8 Å². The van der Waals surface area contributed by atoms with Crippen LogP contribution in [0.4, 0.5) is 0 Å². The monoisotopic (exact) mass is 290 g/mol. The van der Waals surface area contributed by atoms with Crippen LogP contribution >= 0.6 is 0 Å². The summed E-state index contributed by atoms with van der Waals surface area (Å²) in [5.41, 5.74) is 2.51. The van der Waals surface area contributed by atoms with Gasteiger partial charge in [-0.3, -0.25) is 4.79 Å². The van der Waals surface area contributed by atoms with Gasteiger partial charge in [0, 0.05) is 0 Å². The summed E-state index contributed by atoms with van der Waals surface area (Å²) >= 11 is 0. The van der Waals surface area contributed by atoms with Crippen LogP contribution in [0.5, 0.6) is 5.75 Å². The first-order valence-electron chi connectivity index (χ1n) is 7.79. The molecule has 0 radical (unpaired) electrons. The maximum absolute atomic E-state index is 11.8. The molecule has 1 aromatic rings. The van der Waals surface area contributed by atoms with E-state index in [0.717, 1.165) is 41.7 Å². The van der Waals surface area contributed by atoms with Crippen LogP contribution < -0.4 is 4.74 Å². The molecule has 0 saturated heterocycles. The SMILES string of the molecule is COc1c(C(C)C)cc(C2(C(=O)O)CCC2)cc1C(C)C. The van der Waals surface area contributed by atoms with E-state index >= 15 is 0 Å². The van der Waals surface area contributed by atoms with E-state index in [1.807, 2.05) is 0 Å². The second kappa shape index (κ2) is 5.70. The molecule has 0 spiro atoms. The lowest BCUT2D eigenvalue weighted by atomic mass is 9.63. The van der Waals surface area contributed by atoms with Gasteiger partial charge in [-0.05, 0) is 41.4 Å². The summed E-state index contributed by atoms with van der Waals surface area (Å²) in [4.78, 5) is 11.8. The molecular formula is C18H26O3. The van der Waals surface area contributed by atoms with Gasteiger partial charge in [0.2, 0.25) is 0 Å². The highest BCUT2D eigenvalue weighted by Crippen LogP contribution is 2.47. The summed E-state index contributed by atoms with van der Waals surface area (Å²) in [6, 6.07) is 4.12. The molecule has 1 fully saturated rings. The molecule has 0 aromatic heterocycles. The number of carboxylic acid groups (broad SMARTS) is 1. The summed E-state index contributed by atoms with van der Waals surface area (Å²) in [5.74, 6) is 0.846. The van der Waals surface area contributed by atoms with Crippen LogP contribution in [-0.2, 0) is 10.2 Å². The zero-order chi connectivity index (χ0) is 15.8. The lowest BCUT2D eigenvalue weighted by molar-refractivity contribution is -0.147. The minimum absolute atomic E-state index is 0.309. The summed E-state index contributed by atoms with van der Waals surface area (Å²) in [5, 5.41) is 9.69. The predicted molar refractivity (Wildman–Crippen MR) is 84.3 cm³/mol. The molecule has 0 aliphatic heterocycles. The minimum Gasteiger partial charge on any atom is -0.496 e. The van der Waals surface area contributed by atoms with Crippen molar-refractivity contribution in [2.24, 2.45) is 0 Å². The molecule has 0 amide bonds. The average Bonchev–Trinajstić information content (AvgIpc) is 2.35. The van der Waals surface area contributed by atoms with Crippen molar-refractivity contribution in [2.75, 3.05) is 7.11 Å².